The molecule has 0 spiro atoms. The number of amides is 1. The minimum absolute atomic E-state index is 0.0174. The Kier molecular flexibility index (Phi) is 4.06. The second-order valence-corrected chi connectivity index (χ2v) is 4.18. The molecule has 2 aromatic rings. The number of carbonyl (C=O) groups excluding carboxylic acids is 1. The lowest BCUT2D eigenvalue weighted by atomic mass is 10.1. The number of carbonyl (C=O) groups is 1. The van der Waals surface area contributed by atoms with Gasteiger partial charge in [-0.3, -0.25) is 4.79 Å². The predicted octanol–water partition coefficient (Wildman–Crippen LogP) is 2.21. The first-order valence-electron chi connectivity index (χ1n) is 5.90. The average molecular weight is 296 g/mol. The molecule has 0 atom stereocenters. The van der Waals surface area contributed by atoms with Crippen LogP contribution in [0.25, 0.3) is 0 Å². The van der Waals surface area contributed by atoms with Crippen LogP contribution in [0.1, 0.15) is 21.6 Å². The predicted molar refractivity (Wildman–Crippen MR) is 69.3 cm³/mol. The summed E-state index contributed by atoms with van der Waals surface area (Å²) in [6, 6.07) is 8.00. The van der Waals surface area contributed by atoms with Crippen molar-refractivity contribution in [3.05, 3.63) is 53.2 Å². The smallest absolute Gasteiger partial charge is 0.364 e. The Labute approximate surface area is 118 Å². The van der Waals surface area contributed by atoms with E-state index in [1.165, 1.54) is 30.3 Å². The Hall–Kier alpha value is -2.64. The molecule has 0 aliphatic heterocycles. The van der Waals surface area contributed by atoms with Crippen LogP contribution in [0.15, 0.2) is 36.4 Å². The molecule has 0 bridgehead atoms. The molecule has 0 saturated carbocycles. The molecular weight excluding hydrogens is 285 g/mol. The second kappa shape index (κ2) is 5.78. The van der Waals surface area contributed by atoms with Gasteiger partial charge in [-0.15, -0.1) is 10.2 Å². The highest BCUT2D eigenvalue weighted by Crippen LogP contribution is 2.32. The van der Waals surface area contributed by atoms with Crippen LogP contribution in [0.2, 0.25) is 0 Å². The Morgan fingerprint density at radius 2 is 1.86 bits per heavy atom. The van der Waals surface area contributed by atoms with Crippen LogP contribution in [0, 0.1) is 0 Å². The number of alkyl halides is 3. The quantitative estimate of drug-likeness (QED) is 0.906. The number of nitrogens with two attached hydrogens (primary N) is 1. The number of hydrogen-bond acceptors (Lipinski definition) is 4. The largest absolute Gasteiger partial charge is 0.416 e. The molecule has 110 valence electrons. The summed E-state index contributed by atoms with van der Waals surface area (Å²) in [5.74, 6) is -0.478. The van der Waals surface area contributed by atoms with Gasteiger partial charge in [0.25, 0.3) is 5.91 Å². The summed E-state index contributed by atoms with van der Waals surface area (Å²) >= 11 is 0. The first kappa shape index (κ1) is 14.8. The van der Waals surface area contributed by atoms with E-state index in [9.17, 15) is 18.0 Å². The third-order valence-corrected chi connectivity index (χ3v) is 2.70. The number of nitrogens with zero attached hydrogens (tertiary/aromatic N) is 2. The normalized spacial score (nSPS) is 11.2. The monoisotopic (exact) mass is 296 g/mol. The van der Waals surface area contributed by atoms with E-state index in [1.54, 1.807) is 0 Å². The summed E-state index contributed by atoms with van der Waals surface area (Å²) in [5.41, 5.74) is 4.37. The summed E-state index contributed by atoms with van der Waals surface area (Å²) in [7, 11) is 0. The third kappa shape index (κ3) is 3.68. The lowest BCUT2D eigenvalue weighted by Gasteiger charge is -2.13. The van der Waals surface area contributed by atoms with Gasteiger partial charge in [0.05, 0.1) is 5.56 Å². The fourth-order valence-corrected chi connectivity index (χ4v) is 1.69. The molecule has 0 unspecified atom stereocenters. The number of nitrogens with one attached hydrogen (secondary N) is 1. The molecular formula is C13H11F3N4O. The highest BCUT2D eigenvalue weighted by molar-refractivity contribution is 5.90. The maximum Gasteiger partial charge on any atom is 0.416 e. The average Bonchev–Trinajstić information content (AvgIpc) is 2.45. The zero-order valence-electron chi connectivity index (χ0n) is 10.7. The van der Waals surface area contributed by atoms with Gasteiger partial charge < -0.3 is 11.1 Å². The molecule has 3 N–H and O–H groups in total. The van der Waals surface area contributed by atoms with Gasteiger partial charge in [-0.1, -0.05) is 18.2 Å². The fraction of sp³-hybridized carbons (Fsp3) is 0.154. The maximum absolute atomic E-state index is 12.8. The first-order chi connectivity index (χ1) is 9.88. The molecule has 1 aromatic heterocycles. The van der Waals surface area contributed by atoms with E-state index in [-0.39, 0.29) is 23.6 Å². The highest BCUT2D eigenvalue weighted by atomic mass is 19.4. The standard InChI is InChI=1S/C13H11F3N4O/c14-13(15,16)9-4-2-1-3-8(9)7-18-11-6-5-10(12(17)21)19-20-11/h1-6H,7H2,(H2,17,21)(H,18,20). The van der Waals surface area contributed by atoms with Crippen molar-refractivity contribution < 1.29 is 18.0 Å². The van der Waals surface area contributed by atoms with Crippen molar-refractivity contribution in [2.45, 2.75) is 12.7 Å². The van der Waals surface area contributed by atoms with Crippen LogP contribution in [0.3, 0.4) is 0 Å². The van der Waals surface area contributed by atoms with Crippen LogP contribution < -0.4 is 11.1 Å². The Bertz CT molecular complexity index is 641. The Morgan fingerprint density at radius 1 is 1.14 bits per heavy atom. The van der Waals surface area contributed by atoms with Gasteiger partial charge >= 0.3 is 6.18 Å². The highest BCUT2D eigenvalue weighted by Gasteiger charge is 2.32. The van der Waals surface area contributed by atoms with Crippen LogP contribution in [0.4, 0.5) is 19.0 Å². The molecule has 0 aliphatic rings. The number of benzene rings is 1. The molecule has 0 radical (unpaired) electrons. The SMILES string of the molecule is NC(=O)c1ccc(NCc2ccccc2C(F)(F)F)nn1. The molecule has 5 nitrogen and oxygen atoms in total. The fourth-order valence-electron chi connectivity index (χ4n) is 1.69. The van der Waals surface area contributed by atoms with E-state index in [0.717, 1.165) is 6.07 Å². The van der Waals surface area contributed by atoms with E-state index in [4.69, 9.17) is 5.73 Å². The third-order valence-electron chi connectivity index (χ3n) is 2.70. The Morgan fingerprint density at radius 3 is 2.43 bits per heavy atom. The van der Waals surface area contributed by atoms with Crippen molar-refractivity contribution in [2.75, 3.05) is 5.32 Å². The summed E-state index contributed by atoms with van der Waals surface area (Å²) in [4.78, 5) is 10.8. The van der Waals surface area contributed by atoms with E-state index in [2.05, 4.69) is 15.5 Å². The molecule has 0 aliphatic carbocycles. The Balaban J connectivity index is 2.12. The van der Waals surface area contributed by atoms with Gasteiger partial charge in [0.2, 0.25) is 0 Å². The lowest BCUT2D eigenvalue weighted by Crippen LogP contribution is -2.15. The number of halogens is 3. The zero-order chi connectivity index (χ0) is 15.5. The lowest BCUT2D eigenvalue weighted by molar-refractivity contribution is -0.138. The van der Waals surface area contributed by atoms with Gasteiger partial charge in [-0.25, -0.2) is 0 Å². The van der Waals surface area contributed by atoms with Gasteiger partial charge in [0.15, 0.2) is 5.69 Å². The molecule has 0 fully saturated rings. The molecule has 8 heteroatoms. The number of aromatic nitrogens is 2. The molecule has 1 aromatic carbocycles. The minimum Gasteiger partial charge on any atom is -0.364 e. The summed E-state index contributed by atoms with van der Waals surface area (Å²) in [6.07, 6.45) is -4.42. The van der Waals surface area contributed by atoms with Crippen LogP contribution >= 0.6 is 0 Å². The van der Waals surface area contributed by atoms with Crippen molar-refractivity contribution in [1.82, 2.24) is 10.2 Å². The number of anilines is 1. The van der Waals surface area contributed by atoms with Gasteiger partial charge in [0.1, 0.15) is 5.82 Å². The van der Waals surface area contributed by atoms with E-state index < -0.39 is 17.6 Å². The van der Waals surface area contributed by atoms with Gasteiger partial charge in [0, 0.05) is 6.54 Å². The van der Waals surface area contributed by atoms with Crippen molar-refractivity contribution in [2.24, 2.45) is 5.73 Å². The maximum atomic E-state index is 12.8. The first-order valence-corrected chi connectivity index (χ1v) is 5.90. The van der Waals surface area contributed by atoms with Crippen molar-refractivity contribution in [3.63, 3.8) is 0 Å². The summed E-state index contributed by atoms with van der Waals surface area (Å²) in [5, 5.41) is 9.93. The van der Waals surface area contributed by atoms with E-state index >= 15 is 0 Å². The summed E-state index contributed by atoms with van der Waals surface area (Å²) < 4.78 is 38.4. The molecule has 2 rings (SSSR count). The molecule has 1 amide bonds. The van der Waals surface area contributed by atoms with Crippen molar-refractivity contribution in [1.29, 1.82) is 0 Å². The van der Waals surface area contributed by atoms with Gasteiger partial charge in [-0.2, -0.15) is 13.2 Å². The molecule has 0 saturated heterocycles. The number of primary amides is 1. The van der Waals surface area contributed by atoms with Crippen LogP contribution in [0.5, 0.6) is 0 Å². The minimum atomic E-state index is -4.42. The molecule has 21 heavy (non-hydrogen) atoms. The molecule has 1 heterocycles. The second-order valence-electron chi connectivity index (χ2n) is 4.18. The topological polar surface area (TPSA) is 80.9 Å². The van der Waals surface area contributed by atoms with Crippen molar-refractivity contribution in [3.8, 4) is 0 Å². The van der Waals surface area contributed by atoms with E-state index in [1.807, 2.05) is 0 Å². The summed E-state index contributed by atoms with van der Waals surface area (Å²) in [6.45, 7) is -0.0692. The zero-order valence-corrected chi connectivity index (χ0v) is 10.7. The van der Waals surface area contributed by atoms with Crippen LogP contribution in [-0.4, -0.2) is 16.1 Å². The number of rotatable bonds is 4. The van der Waals surface area contributed by atoms with E-state index in [0.29, 0.717) is 0 Å². The van der Waals surface area contributed by atoms with Crippen molar-refractivity contribution >= 4 is 11.7 Å². The van der Waals surface area contributed by atoms with Crippen LogP contribution in [-0.2, 0) is 12.7 Å². The number of hydrogen-bond donors (Lipinski definition) is 2. The van der Waals surface area contributed by atoms with Gasteiger partial charge in [-0.05, 0) is 23.8 Å².